The SMILES string of the molecule is O=[N+]([O-])c1cc(Cl)ccc1C#CI. The van der Waals surface area contributed by atoms with Crippen LogP contribution in [0.1, 0.15) is 5.56 Å². The van der Waals surface area contributed by atoms with Crippen LogP contribution in [-0.2, 0) is 0 Å². The van der Waals surface area contributed by atoms with Crippen LogP contribution in [0.15, 0.2) is 18.2 Å². The van der Waals surface area contributed by atoms with Crippen LogP contribution in [0.25, 0.3) is 0 Å². The lowest BCUT2D eigenvalue weighted by atomic mass is 10.2. The third-order valence-corrected chi connectivity index (χ3v) is 1.84. The van der Waals surface area contributed by atoms with Crippen LogP contribution in [0.2, 0.25) is 5.02 Å². The van der Waals surface area contributed by atoms with E-state index in [9.17, 15) is 10.1 Å². The fourth-order valence-corrected chi connectivity index (χ4v) is 1.27. The van der Waals surface area contributed by atoms with Crippen molar-refractivity contribution in [1.82, 2.24) is 0 Å². The molecule has 0 aromatic heterocycles. The normalized spacial score (nSPS) is 8.77. The van der Waals surface area contributed by atoms with E-state index in [0.717, 1.165) is 0 Å². The Morgan fingerprint density at radius 2 is 2.23 bits per heavy atom. The minimum Gasteiger partial charge on any atom is -0.258 e. The fraction of sp³-hybridized carbons (Fsp3) is 0. The number of benzene rings is 1. The minimum absolute atomic E-state index is 0.0586. The molecule has 3 nitrogen and oxygen atoms in total. The monoisotopic (exact) mass is 307 g/mol. The van der Waals surface area contributed by atoms with Gasteiger partial charge < -0.3 is 0 Å². The van der Waals surface area contributed by atoms with Crippen molar-refractivity contribution >= 4 is 39.9 Å². The molecule has 0 saturated heterocycles. The summed E-state index contributed by atoms with van der Waals surface area (Å²) in [7, 11) is 0. The number of hydrogen-bond donors (Lipinski definition) is 0. The topological polar surface area (TPSA) is 43.1 Å². The summed E-state index contributed by atoms with van der Waals surface area (Å²) in [4.78, 5) is 10.0. The molecule has 1 aromatic carbocycles. The van der Waals surface area contributed by atoms with Gasteiger partial charge in [0.1, 0.15) is 5.56 Å². The number of rotatable bonds is 1. The van der Waals surface area contributed by atoms with Gasteiger partial charge in [-0.3, -0.25) is 10.1 Å². The molecule has 0 unspecified atom stereocenters. The molecule has 0 amide bonds. The van der Waals surface area contributed by atoms with Crippen LogP contribution >= 0.6 is 34.2 Å². The van der Waals surface area contributed by atoms with E-state index in [1.54, 1.807) is 6.07 Å². The summed E-state index contributed by atoms with van der Waals surface area (Å²) in [6, 6.07) is 4.40. The standard InChI is InChI=1S/C8H3ClINO2/c9-7-2-1-6(3-4-10)8(5-7)11(12)13/h1-2,5H. The van der Waals surface area contributed by atoms with Crippen LogP contribution in [0, 0.1) is 20.0 Å². The van der Waals surface area contributed by atoms with Gasteiger partial charge in [0.15, 0.2) is 0 Å². The van der Waals surface area contributed by atoms with Gasteiger partial charge in [-0.15, -0.1) is 0 Å². The smallest absolute Gasteiger partial charge is 0.258 e. The molecule has 0 saturated carbocycles. The largest absolute Gasteiger partial charge is 0.286 e. The van der Waals surface area contributed by atoms with E-state index in [0.29, 0.717) is 10.6 Å². The molecule has 0 aliphatic carbocycles. The number of halogens is 2. The molecule has 1 rings (SSSR count). The maximum atomic E-state index is 10.5. The molecule has 0 N–H and O–H groups in total. The van der Waals surface area contributed by atoms with E-state index in [1.165, 1.54) is 12.1 Å². The Hall–Kier alpha value is -0.800. The van der Waals surface area contributed by atoms with Crippen molar-refractivity contribution in [3.63, 3.8) is 0 Å². The van der Waals surface area contributed by atoms with Crippen molar-refractivity contribution in [2.75, 3.05) is 0 Å². The Balaban J connectivity index is 3.32. The molecule has 0 spiro atoms. The Morgan fingerprint density at radius 3 is 2.77 bits per heavy atom. The van der Waals surface area contributed by atoms with Gasteiger partial charge >= 0.3 is 0 Å². The van der Waals surface area contributed by atoms with Crippen molar-refractivity contribution in [3.05, 3.63) is 38.9 Å². The van der Waals surface area contributed by atoms with E-state index in [1.807, 2.05) is 22.6 Å². The molecule has 0 fully saturated rings. The molecular formula is C8H3ClINO2. The predicted molar refractivity (Wildman–Crippen MR) is 59.0 cm³/mol. The van der Waals surface area contributed by atoms with E-state index in [2.05, 4.69) is 9.85 Å². The lowest BCUT2D eigenvalue weighted by molar-refractivity contribution is -0.385. The lowest BCUT2D eigenvalue weighted by Crippen LogP contribution is -1.91. The second-order valence-electron chi connectivity index (χ2n) is 2.14. The fourth-order valence-electron chi connectivity index (χ4n) is 0.812. The van der Waals surface area contributed by atoms with Gasteiger partial charge in [-0.2, -0.15) is 0 Å². The molecule has 1 aromatic rings. The molecule has 0 heterocycles. The molecule has 0 atom stereocenters. The van der Waals surface area contributed by atoms with Crippen molar-refractivity contribution in [2.45, 2.75) is 0 Å². The lowest BCUT2D eigenvalue weighted by Gasteiger charge is -1.95. The van der Waals surface area contributed by atoms with Crippen LogP contribution in [0.4, 0.5) is 5.69 Å². The molecule has 66 valence electrons. The Morgan fingerprint density at radius 1 is 1.54 bits per heavy atom. The van der Waals surface area contributed by atoms with Gasteiger partial charge in [0.2, 0.25) is 0 Å². The third kappa shape index (κ3) is 2.57. The molecule has 0 bridgehead atoms. The first-order chi connectivity index (χ1) is 6.15. The number of nitro benzene ring substituents is 1. The summed E-state index contributed by atoms with van der Waals surface area (Å²) in [6.07, 6.45) is 0. The first kappa shape index (κ1) is 10.3. The predicted octanol–water partition coefficient (Wildman–Crippen LogP) is 2.99. The third-order valence-electron chi connectivity index (χ3n) is 1.34. The van der Waals surface area contributed by atoms with Gasteiger partial charge in [0.05, 0.1) is 4.92 Å². The van der Waals surface area contributed by atoms with Crippen LogP contribution in [0.5, 0.6) is 0 Å². The van der Waals surface area contributed by atoms with Gasteiger partial charge in [0.25, 0.3) is 5.69 Å². The highest BCUT2D eigenvalue weighted by atomic mass is 127. The summed E-state index contributed by atoms with van der Waals surface area (Å²) in [5.41, 5.74) is 0.320. The zero-order chi connectivity index (χ0) is 9.84. The first-order valence-corrected chi connectivity index (χ1v) is 4.66. The van der Waals surface area contributed by atoms with Crippen LogP contribution in [0.3, 0.4) is 0 Å². The van der Waals surface area contributed by atoms with Crippen molar-refractivity contribution < 1.29 is 4.92 Å². The van der Waals surface area contributed by atoms with Crippen molar-refractivity contribution in [2.24, 2.45) is 0 Å². The molecule has 0 radical (unpaired) electrons. The Bertz CT molecular complexity index is 408. The first-order valence-electron chi connectivity index (χ1n) is 3.20. The zero-order valence-electron chi connectivity index (χ0n) is 6.25. The summed E-state index contributed by atoms with van der Waals surface area (Å²) in [5.74, 6) is 2.62. The average molecular weight is 307 g/mol. The molecule has 0 aliphatic rings. The molecule has 13 heavy (non-hydrogen) atoms. The minimum atomic E-state index is -0.498. The van der Waals surface area contributed by atoms with E-state index in [-0.39, 0.29) is 5.69 Å². The second kappa shape index (κ2) is 4.44. The summed E-state index contributed by atoms with van der Waals surface area (Å²) >= 11 is 7.43. The second-order valence-corrected chi connectivity index (χ2v) is 3.11. The van der Waals surface area contributed by atoms with E-state index < -0.39 is 4.92 Å². The van der Waals surface area contributed by atoms with Crippen molar-refractivity contribution in [1.29, 1.82) is 0 Å². The van der Waals surface area contributed by atoms with Gasteiger partial charge in [-0.05, 0) is 22.0 Å². The maximum Gasteiger partial charge on any atom is 0.286 e. The Labute approximate surface area is 93.4 Å². The van der Waals surface area contributed by atoms with E-state index >= 15 is 0 Å². The maximum absolute atomic E-state index is 10.5. The quantitative estimate of drug-likeness (QED) is 0.346. The van der Waals surface area contributed by atoms with Crippen LogP contribution < -0.4 is 0 Å². The van der Waals surface area contributed by atoms with Crippen molar-refractivity contribution in [3.8, 4) is 9.85 Å². The zero-order valence-corrected chi connectivity index (χ0v) is 9.17. The van der Waals surface area contributed by atoms with Gasteiger partial charge in [-0.25, -0.2) is 0 Å². The molecule has 5 heteroatoms. The van der Waals surface area contributed by atoms with Gasteiger partial charge in [-0.1, -0.05) is 11.6 Å². The number of nitrogens with zero attached hydrogens (tertiary/aromatic N) is 1. The highest BCUT2D eigenvalue weighted by Crippen LogP contribution is 2.22. The highest BCUT2D eigenvalue weighted by Gasteiger charge is 2.11. The summed E-state index contributed by atoms with van der Waals surface area (Å²) < 4.78 is 2.57. The number of hydrogen-bond acceptors (Lipinski definition) is 2. The van der Waals surface area contributed by atoms with E-state index in [4.69, 9.17) is 11.6 Å². The molecule has 0 aliphatic heterocycles. The highest BCUT2D eigenvalue weighted by molar-refractivity contribution is 14.1. The summed E-state index contributed by atoms with van der Waals surface area (Å²) in [5, 5.41) is 10.9. The Kier molecular flexibility index (Phi) is 3.51. The molecular weight excluding hydrogens is 304 g/mol. The van der Waals surface area contributed by atoms with Gasteiger partial charge in [0, 0.05) is 33.7 Å². The summed E-state index contributed by atoms with van der Waals surface area (Å²) in [6.45, 7) is 0. The van der Waals surface area contributed by atoms with Crippen LogP contribution in [-0.4, -0.2) is 4.92 Å². The average Bonchev–Trinajstić information content (AvgIpc) is 2.08. The number of nitro groups is 1.